The number of rotatable bonds is 5. The van der Waals surface area contributed by atoms with Crippen molar-refractivity contribution in [3.05, 3.63) is 34.9 Å². The molecule has 1 atom stereocenters. The number of nitrogens with zero attached hydrogens (tertiary/aromatic N) is 1. The van der Waals surface area contributed by atoms with E-state index in [0.29, 0.717) is 5.56 Å². The molecule has 0 heterocycles. The van der Waals surface area contributed by atoms with Crippen molar-refractivity contribution in [2.45, 2.75) is 26.3 Å². The smallest absolute Gasteiger partial charge is 0.305 e. The predicted octanol–water partition coefficient (Wildman–Crippen LogP) is 1.89. The third-order valence-electron chi connectivity index (χ3n) is 3.09. The molecular formula is C14H19NO3. The molecule has 0 radical (unpaired) electrons. The lowest BCUT2D eigenvalue weighted by Gasteiger charge is -2.21. The van der Waals surface area contributed by atoms with Crippen molar-refractivity contribution >= 4 is 11.8 Å². The average molecular weight is 249 g/mol. The first-order chi connectivity index (χ1) is 8.32. The van der Waals surface area contributed by atoms with Crippen molar-refractivity contribution in [2.24, 2.45) is 0 Å². The van der Waals surface area contributed by atoms with Crippen LogP contribution in [-0.4, -0.2) is 41.9 Å². The van der Waals surface area contributed by atoms with E-state index in [9.17, 15) is 9.59 Å². The largest absolute Gasteiger partial charge is 0.481 e. The molecule has 98 valence electrons. The lowest BCUT2D eigenvalue weighted by Crippen LogP contribution is -2.37. The summed E-state index contributed by atoms with van der Waals surface area (Å²) in [6.07, 6.45) is -0.182. The second kappa shape index (κ2) is 5.78. The van der Waals surface area contributed by atoms with Crippen molar-refractivity contribution in [3.8, 4) is 0 Å². The molecule has 1 unspecified atom stereocenters. The van der Waals surface area contributed by atoms with Gasteiger partial charge in [0.2, 0.25) is 0 Å². The quantitative estimate of drug-likeness (QED) is 0.810. The highest BCUT2D eigenvalue weighted by molar-refractivity contribution is 6.01. The number of benzene rings is 1. The van der Waals surface area contributed by atoms with Gasteiger partial charge in [0.25, 0.3) is 0 Å². The second-order valence-corrected chi connectivity index (χ2v) is 4.74. The Kier molecular flexibility index (Phi) is 4.62. The number of hydrogen-bond donors (Lipinski definition) is 1. The highest BCUT2D eigenvalue weighted by atomic mass is 16.4. The van der Waals surface area contributed by atoms with Gasteiger partial charge in [0, 0.05) is 5.56 Å². The van der Waals surface area contributed by atoms with Crippen LogP contribution < -0.4 is 0 Å². The van der Waals surface area contributed by atoms with Gasteiger partial charge >= 0.3 is 5.97 Å². The minimum atomic E-state index is -0.967. The van der Waals surface area contributed by atoms with Crippen LogP contribution in [0.5, 0.6) is 0 Å². The van der Waals surface area contributed by atoms with E-state index in [2.05, 4.69) is 0 Å². The van der Waals surface area contributed by atoms with Gasteiger partial charge in [0.1, 0.15) is 0 Å². The van der Waals surface area contributed by atoms with Crippen LogP contribution in [0.2, 0.25) is 0 Å². The molecule has 0 aliphatic heterocycles. The van der Waals surface area contributed by atoms with Gasteiger partial charge in [-0.15, -0.1) is 0 Å². The van der Waals surface area contributed by atoms with E-state index >= 15 is 0 Å². The van der Waals surface area contributed by atoms with Crippen LogP contribution >= 0.6 is 0 Å². The number of ketones is 1. The zero-order chi connectivity index (χ0) is 13.9. The Hall–Kier alpha value is -1.68. The van der Waals surface area contributed by atoms with Crippen LogP contribution in [-0.2, 0) is 4.79 Å². The molecule has 0 saturated heterocycles. The van der Waals surface area contributed by atoms with E-state index in [-0.39, 0.29) is 12.2 Å². The predicted molar refractivity (Wildman–Crippen MR) is 70.0 cm³/mol. The van der Waals surface area contributed by atoms with Crippen molar-refractivity contribution in [1.82, 2.24) is 4.90 Å². The van der Waals surface area contributed by atoms with Crippen molar-refractivity contribution in [3.63, 3.8) is 0 Å². The number of aliphatic carboxylic acids is 1. The van der Waals surface area contributed by atoms with Crippen molar-refractivity contribution < 1.29 is 14.7 Å². The van der Waals surface area contributed by atoms with Gasteiger partial charge in [-0.2, -0.15) is 0 Å². The average Bonchev–Trinajstić information content (AvgIpc) is 2.28. The van der Waals surface area contributed by atoms with Crippen LogP contribution in [0.4, 0.5) is 0 Å². The van der Waals surface area contributed by atoms with Crippen molar-refractivity contribution in [1.29, 1.82) is 0 Å². The summed E-state index contributed by atoms with van der Waals surface area (Å²) < 4.78 is 0. The van der Waals surface area contributed by atoms with Crippen LogP contribution in [0.3, 0.4) is 0 Å². The van der Waals surface area contributed by atoms with Gasteiger partial charge in [-0.25, -0.2) is 0 Å². The molecule has 1 N–H and O–H groups in total. The molecule has 1 aromatic carbocycles. The molecule has 18 heavy (non-hydrogen) atoms. The maximum Gasteiger partial charge on any atom is 0.305 e. The number of aryl methyl sites for hydroxylation is 2. The maximum atomic E-state index is 12.3. The molecule has 1 rings (SSSR count). The molecule has 4 nitrogen and oxygen atoms in total. The van der Waals surface area contributed by atoms with Crippen LogP contribution in [0, 0.1) is 13.8 Å². The van der Waals surface area contributed by atoms with E-state index in [1.54, 1.807) is 25.1 Å². The number of carboxylic acids is 1. The molecule has 1 aromatic rings. The molecule has 0 saturated carbocycles. The summed E-state index contributed by atoms with van der Waals surface area (Å²) in [6, 6.07) is 4.83. The van der Waals surface area contributed by atoms with Gasteiger partial charge in [0.05, 0.1) is 12.5 Å². The fourth-order valence-electron chi connectivity index (χ4n) is 1.76. The Morgan fingerprint density at radius 1 is 1.22 bits per heavy atom. The number of likely N-dealkylation sites (N-methyl/N-ethyl adjacent to an activating group) is 1. The third kappa shape index (κ3) is 3.40. The highest BCUT2D eigenvalue weighted by Gasteiger charge is 2.25. The number of Topliss-reactive ketones (excluding diaryl/α,β-unsaturated/α-hetero) is 1. The monoisotopic (exact) mass is 249 g/mol. The summed E-state index contributed by atoms with van der Waals surface area (Å²) in [5, 5.41) is 8.85. The summed E-state index contributed by atoms with van der Waals surface area (Å²) >= 11 is 0. The zero-order valence-corrected chi connectivity index (χ0v) is 11.2. The Morgan fingerprint density at radius 3 is 2.28 bits per heavy atom. The molecular weight excluding hydrogens is 230 g/mol. The summed E-state index contributed by atoms with van der Waals surface area (Å²) in [4.78, 5) is 24.7. The zero-order valence-electron chi connectivity index (χ0n) is 11.2. The topological polar surface area (TPSA) is 57.6 Å². The first-order valence-corrected chi connectivity index (χ1v) is 5.82. The third-order valence-corrected chi connectivity index (χ3v) is 3.09. The van der Waals surface area contributed by atoms with Crippen LogP contribution in [0.25, 0.3) is 0 Å². The normalized spacial score (nSPS) is 12.5. The first kappa shape index (κ1) is 14.4. The first-order valence-electron chi connectivity index (χ1n) is 5.82. The Morgan fingerprint density at radius 2 is 1.83 bits per heavy atom. The lowest BCUT2D eigenvalue weighted by molar-refractivity contribution is -0.137. The second-order valence-electron chi connectivity index (χ2n) is 4.74. The summed E-state index contributed by atoms with van der Waals surface area (Å²) in [7, 11) is 3.43. The highest BCUT2D eigenvalue weighted by Crippen LogP contribution is 2.14. The standard InChI is InChI=1S/C14H19NO3/c1-9-5-6-11(7-10(9)2)14(18)12(15(3)4)8-13(16)17/h5-7,12H,8H2,1-4H3,(H,16,17). The summed E-state index contributed by atoms with van der Waals surface area (Å²) in [5.74, 6) is -1.11. The van der Waals surface area contributed by atoms with Gasteiger partial charge in [-0.05, 0) is 45.1 Å². The van der Waals surface area contributed by atoms with E-state index in [4.69, 9.17) is 5.11 Å². The fourth-order valence-corrected chi connectivity index (χ4v) is 1.76. The van der Waals surface area contributed by atoms with E-state index < -0.39 is 12.0 Å². The van der Waals surface area contributed by atoms with E-state index in [1.165, 1.54) is 0 Å². The lowest BCUT2D eigenvalue weighted by atomic mass is 9.97. The molecule has 0 amide bonds. The van der Waals surface area contributed by atoms with Gasteiger partial charge in [0.15, 0.2) is 5.78 Å². The molecule has 0 spiro atoms. The molecule has 0 fully saturated rings. The number of hydrogen-bond acceptors (Lipinski definition) is 3. The van der Waals surface area contributed by atoms with Gasteiger partial charge in [-0.1, -0.05) is 12.1 Å². The molecule has 0 aliphatic rings. The minimum absolute atomic E-state index is 0.148. The van der Waals surface area contributed by atoms with Crippen molar-refractivity contribution in [2.75, 3.05) is 14.1 Å². The molecule has 0 aromatic heterocycles. The number of carboxylic acid groups (broad SMARTS) is 1. The minimum Gasteiger partial charge on any atom is -0.481 e. The summed E-state index contributed by atoms with van der Waals surface area (Å²) in [5.41, 5.74) is 2.72. The van der Waals surface area contributed by atoms with Crippen LogP contribution in [0.1, 0.15) is 27.9 Å². The molecule has 0 aliphatic carbocycles. The van der Waals surface area contributed by atoms with Gasteiger partial charge < -0.3 is 5.11 Å². The summed E-state index contributed by atoms with van der Waals surface area (Å²) in [6.45, 7) is 3.91. The Bertz CT molecular complexity index is 466. The number of carbonyl (C=O) groups excluding carboxylic acids is 1. The maximum absolute atomic E-state index is 12.3. The molecule has 0 bridgehead atoms. The fraction of sp³-hybridized carbons (Fsp3) is 0.429. The number of carbonyl (C=O) groups is 2. The van der Waals surface area contributed by atoms with E-state index in [0.717, 1.165) is 11.1 Å². The SMILES string of the molecule is Cc1ccc(C(=O)C(CC(=O)O)N(C)C)cc1C. The van der Waals surface area contributed by atoms with E-state index in [1.807, 2.05) is 26.0 Å². The van der Waals surface area contributed by atoms with Crippen LogP contribution in [0.15, 0.2) is 18.2 Å². The molecule has 4 heteroatoms. The Labute approximate surface area is 107 Å². The van der Waals surface area contributed by atoms with Gasteiger partial charge in [-0.3, -0.25) is 14.5 Å². The Balaban J connectivity index is 3.02.